The van der Waals surface area contributed by atoms with Gasteiger partial charge in [0.05, 0.1) is 39.3 Å². The molecule has 9 heteroatoms. The van der Waals surface area contributed by atoms with Gasteiger partial charge in [-0.25, -0.2) is 14.4 Å². The fourth-order valence-electron chi connectivity index (χ4n) is 4.25. The standard InChI is InChI=1S/C24H24FN5O2S/c1-13-21(23-28-17-8-4-5-9-20(17)33-23)22(27-18-10-14(12-31)11-19(18)32)30-24(26-13)29-16-7-3-2-6-15(16)25/h2-9,14,18-19,31-32H,10-12H2,1H3,(H2,26,27,29,30)/t14-,18+,19+/m0/s1. The number of nitrogens with one attached hydrogen (secondary N) is 2. The Labute approximate surface area is 194 Å². The lowest BCUT2D eigenvalue weighted by atomic mass is 10.1. The molecule has 0 unspecified atom stereocenters. The Morgan fingerprint density at radius 1 is 1.06 bits per heavy atom. The van der Waals surface area contributed by atoms with Crippen LogP contribution in [0.4, 0.5) is 21.8 Å². The molecule has 0 saturated heterocycles. The van der Waals surface area contributed by atoms with E-state index in [-0.39, 0.29) is 30.2 Å². The minimum absolute atomic E-state index is 0.0299. The van der Waals surface area contributed by atoms with E-state index in [1.165, 1.54) is 6.07 Å². The summed E-state index contributed by atoms with van der Waals surface area (Å²) in [4.78, 5) is 14.0. The van der Waals surface area contributed by atoms with E-state index in [0.29, 0.717) is 24.4 Å². The van der Waals surface area contributed by atoms with Crippen LogP contribution in [0.25, 0.3) is 20.8 Å². The van der Waals surface area contributed by atoms with E-state index in [9.17, 15) is 14.6 Å². The summed E-state index contributed by atoms with van der Waals surface area (Å²) in [5, 5.41) is 27.2. The molecule has 3 atom stereocenters. The maximum Gasteiger partial charge on any atom is 0.229 e. The predicted octanol–water partition coefficient (Wildman–Crippen LogP) is 4.49. The van der Waals surface area contributed by atoms with Gasteiger partial charge >= 0.3 is 0 Å². The number of para-hydroxylation sites is 2. The molecule has 1 aliphatic carbocycles. The molecule has 0 radical (unpaired) electrons. The summed E-state index contributed by atoms with van der Waals surface area (Å²) in [5.74, 6) is 0.391. The smallest absolute Gasteiger partial charge is 0.229 e. The number of rotatable bonds is 6. The number of aliphatic hydroxyl groups is 2. The number of anilines is 3. The second-order valence-corrected chi connectivity index (χ2v) is 9.32. The van der Waals surface area contributed by atoms with Crippen molar-refractivity contribution in [2.45, 2.75) is 31.9 Å². The molecule has 2 aromatic carbocycles. The quantitative estimate of drug-likeness (QED) is 0.333. The number of halogens is 1. The zero-order chi connectivity index (χ0) is 22.9. The van der Waals surface area contributed by atoms with Gasteiger partial charge in [0, 0.05) is 6.61 Å². The second kappa shape index (κ2) is 9.01. The third-order valence-electron chi connectivity index (χ3n) is 5.92. The average Bonchev–Trinajstić information content (AvgIpc) is 3.38. The molecule has 0 amide bonds. The fraction of sp³-hybridized carbons (Fsp3) is 0.292. The van der Waals surface area contributed by atoms with Crippen molar-refractivity contribution in [3.05, 3.63) is 60.0 Å². The molecular weight excluding hydrogens is 441 g/mol. The second-order valence-electron chi connectivity index (χ2n) is 8.29. The molecule has 5 rings (SSSR count). The average molecular weight is 466 g/mol. The summed E-state index contributed by atoms with van der Waals surface area (Å²) >= 11 is 1.54. The first-order valence-corrected chi connectivity index (χ1v) is 11.6. The number of aryl methyl sites for hydroxylation is 1. The van der Waals surface area contributed by atoms with Gasteiger partial charge < -0.3 is 20.8 Å². The zero-order valence-corrected chi connectivity index (χ0v) is 18.8. The molecule has 0 spiro atoms. The van der Waals surface area contributed by atoms with Gasteiger partial charge in [-0.05, 0) is 49.9 Å². The molecule has 33 heavy (non-hydrogen) atoms. The summed E-state index contributed by atoms with van der Waals surface area (Å²) in [6, 6.07) is 14.0. The van der Waals surface area contributed by atoms with Gasteiger partial charge in [0.25, 0.3) is 0 Å². The van der Waals surface area contributed by atoms with Crippen LogP contribution in [0.2, 0.25) is 0 Å². The van der Waals surface area contributed by atoms with Crippen LogP contribution in [0, 0.1) is 18.7 Å². The van der Waals surface area contributed by atoms with Crippen molar-refractivity contribution in [3.63, 3.8) is 0 Å². The van der Waals surface area contributed by atoms with E-state index in [4.69, 9.17) is 4.98 Å². The lowest BCUT2D eigenvalue weighted by Gasteiger charge is -2.20. The molecule has 4 aromatic rings. The number of aromatic nitrogens is 3. The molecule has 1 saturated carbocycles. The summed E-state index contributed by atoms with van der Waals surface area (Å²) in [7, 11) is 0. The Kier molecular flexibility index (Phi) is 5.92. The Hall–Kier alpha value is -3.14. The Morgan fingerprint density at radius 2 is 1.85 bits per heavy atom. The highest BCUT2D eigenvalue weighted by Gasteiger charge is 2.33. The van der Waals surface area contributed by atoms with Crippen molar-refractivity contribution < 1.29 is 14.6 Å². The highest BCUT2D eigenvalue weighted by molar-refractivity contribution is 7.21. The molecule has 1 fully saturated rings. The van der Waals surface area contributed by atoms with E-state index < -0.39 is 11.9 Å². The van der Waals surface area contributed by atoms with Crippen LogP contribution >= 0.6 is 11.3 Å². The summed E-state index contributed by atoms with van der Waals surface area (Å²) < 4.78 is 15.2. The highest BCUT2D eigenvalue weighted by atomic mass is 32.1. The minimum atomic E-state index is -0.608. The van der Waals surface area contributed by atoms with Crippen LogP contribution in [-0.4, -0.2) is 43.9 Å². The van der Waals surface area contributed by atoms with Crippen LogP contribution in [0.1, 0.15) is 18.5 Å². The Bertz CT molecular complexity index is 1260. The first kappa shape index (κ1) is 21.7. The molecule has 2 heterocycles. The molecule has 0 bridgehead atoms. The van der Waals surface area contributed by atoms with Gasteiger partial charge in [-0.2, -0.15) is 4.98 Å². The van der Waals surface area contributed by atoms with E-state index in [1.54, 1.807) is 29.5 Å². The molecule has 170 valence electrons. The van der Waals surface area contributed by atoms with Crippen molar-refractivity contribution in [3.8, 4) is 10.6 Å². The van der Waals surface area contributed by atoms with Crippen LogP contribution in [0.5, 0.6) is 0 Å². The predicted molar refractivity (Wildman–Crippen MR) is 128 cm³/mol. The summed E-state index contributed by atoms with van der Waals surface area (Å²) in [6.07, 6.45) is 0.536. The SMILES string of the molecule is Cc1nc(Nc2ccccc2F)nc(N[C@@H]2C[C@H](CO)C[C@H]2O)c1-c1nc2ccccc2s1. The molecule has 0 aliphatic heterocycles. The topological polar surface area (TPSA) is 103 Å². The van der Waals surface area contributed by atoms with E-state index >= 15 is 0 Å². The van der Waals surface area contributed by atoms with Gasteiger partial charge in [0.2, 0.25) is 5.95 Å². The lowest BCUT2D eigenvalue weighted by molar-refractivity contribution is 0.157. The molecule has 4 N–H and O–H groups in total. The van der Waals surface area contributed by atoms with Gasteiger partial charge in [0.15, 0.2) is 0 Å². The maximum atomic E-state index is 14.2. The van der Waals surface area contributed by atoms with Gasteiger partial charge in [-0.15, -0.1) is 11.3 Å². The summed E-state index contributed by atoms with van der Waals surface area (Å²) in [5.41, 5.74) is 2.58. The maximum absolute atomic E-state index is 14.2. The third kappa shape index (κ3) is 4.39. The first-order valence-electron chi connectivity index (χ1n) is 10.8. The van der Waals surface area contributed by atoms with Crippen molar-refractivity contribution in [1.82, 2.24) is 15.0 Å². The molecule has 1 aliphatic rings. The van der Waals surface area contributed by atoms with Crippen LogP contribution in [-0.2, 0) is 0 Å². The number of aliphatic hydroxyl groups excluding tert-OH is 2. The molecule has 7 nitrogen and oxygen atoms in total. The number of benzene rings is 2. The van der Waals surface area contributed by atoms with E-state index in [1.807, 2.05) is 31.2 Å². The third-order valence-corrected chi connectivity index (χ3v) is 6.98. The fourth-order valence-corrected chi connectivity index (χ4v) is 5.31. The van der Waals surface area contributed by atoms with Crippen molar-refractivity contribution >= 4 is 39.0 Å². The van der Waals surface area contributed by atoms with E-state index in [2.05, 4.69) is 20.6 Å². The summed E-state index contributed by atoms with van der Waals surface area (Å²) in [6.45, 7) is 1.89. The Morgan fingerprint density at radius 3 is 2.61 bits per heavy atom. The molecular formula is C24H24FN5O2S. The van der Waals surface area contributed by atoms with Crippen LogP contribution in [0.3, 0.4) is 0 Å². The van der Waals surface area contributed by atoms with Gasteiger partial charge in [-0.3, -0.25) is 0 Å². The van der Waals surface area contributed by atoms with Crippen LogP contribution < -0.4 is 10.6 Å². The zero-order valence-electron chi connectivity index (χ0n) is 18.0. The number of fused-ring (bicyclic) bond motifs is 1. The number of thiazole rings is 1. The lowest BCUT2D eigenvalue weighted by Crippen LogP contribution is -2.29. The van der Waals surface area contributed by atoms with Crippen molar-refractivity contribution in [1.29, 1.82) is 0 Å². The first-order chi connectivity index (χ1) is 16.0. The normalized spacial score (nSPS) is 20.3. The minimum Gasteiger partial charge on any atom is -0.396 e. The monoisotopic (exact) mass is 465 g/mol. The van der Waals surface area contributed by atoms with Crippen LogP contribution in [0.15, 0.2) is 48.5 Å². The highest BCUT2D eigenvalue weighted by Crippen LogP contribution is 2.38. The van der Waals surface area contributed by atoms with Crippen molar-refractivity contribution in [2.75, 3.05) is 17.2 Å². The Balaban J connectivity index is 1.57. The number of hydrogen-bond donors (Lipinski definition) is 4. The van der Waals surface area contributed by atoms with Gasteiger partial charge in [-0.1, -0.05) is 24.3 Å². The molecule has 2 aromatic heterocycles. The largest absolute Gasteiger partial charge is 0.396 e. The van der Waals surface area contributed by atoms with Crippen molar-refractivity contribution in [2.24, 2.45) is 5.92 Å². The number of hydrogen-bond acceptors (Lipinski definition) is 8. The van der Waals surface area contributed by atoms with Gasteiger partial charge in [0.1, 0.15) is 16.6 Å². The number of nitrogens with zero attached hydrogens (tertiary/aromatic N) is 3. The van der Waals surface area contributed by atoms with E-state index in [0.717, 1.165) is 20.8 Å².